The van der Waals surface area contributed by atoms with Crippen LogP contribution in [0.5, 0.6) is 0 Å². The molecular weight excluding hydrogens is 258 g/mol. The number of hydrogen-bond acceptors (Lipinski definition) is 2. The number of hydrogen-bond donors (Lipinski definition) is 0. The van der Waals surface area contributed by atoms with Gasteiger partial charge in [0.2, 0.25) is 0 Å². The molecule has 0 aromatic carbocycles. The molecular formula is C10H13Cl3O2. The molecule has 5 heteroatoms. The predicted octanol–water partition coefficient (Wildman–Crippen LogP) is 3.71. The van der Waals surface area contributed by atoms with E-state index >= 15 is 0 Å². The fourth-order valence-electron chi connectivity index (χ4n) is 1.90. The van der Waals surface area contributed by atoms with E-state index in [4.69, 9.17) is 39.5 Å². The molecule has 1 rings (SSSR count). The summed E-state index contributed by atoms with van der Waals surface area (Å²) in [7, 11) is 0. The van der Waals surface area contributed by atoms with Crippen LogP contribution in [-0.2, 0) is 9.53 Å². The second-order valence-electron chi connectivity index (χ2n) is 4.14. The van der Waals surface area contributed by atoms with E-state index in [1.165, 1.54) is 0 Å². The Hall–Kier alpha value is 0.0800. The first-order valence-corrected chi connectivity index (χ1v) is 5.84. The van der Waals surface area contributed by atoms with Crippen molar-refractivity contribution in [3.63, 3.8) is 0 Å². The third-order valence-corrected chi connectivity index (χ3v) is 3.85. The molecule has 0 aromatic rings. The molecule has 1 aliphatic rings. The van der Waals surface area contributed by atoms with Crippen molar-refractivity contribution in [2.45, 2.75) is 20.8 Å². The van der Waals surface area contributed by atoms with E-state index in [2.05, 4.69) is 0 Å². The highest BCUT2D eigenvalue weighted by Gasteiger charge is 2.64. The normalized spacial score (nSPS) is 27.1. The molecule has 0 bridgehead atoms. The smallest absolute Gasteiger partial charge is 0.310 e. The summed E-state index contributed by atoms with van der Waals surface area (Å²) in [4.78, 5) is 11.6. The first-order valence-electron chi connectivity index (χ1n) is 4.71. The van der Waals surface area contributed by atoms with Crippen molar-refractivity contribution in [3.05, 3.63) is 9.52 Å². The largest absolute Gasteiger partial charge is 0.466 e. The second kappa shape index (κ2) is 4.52. The molecule has 15 heavy (non-hydrogen) atoms. The van der Waals surface area contributed by atoms with E-state index in [0.717, 1.165) is 0 Å². The third-order valence-electron chi connectivity index (χ3n) is 2.82. The standard InChI is InChI=1S/C10H13Cl3O2/c1-4-15-9(14)6-5(10(6,2)3)7(11)8(12)13/h5-6H,4H2,1-3H3. The summed E-state index contributed by atoms with van der Waals surface area (Å²) in [5, 5.41) is 0.349. The molecule has 0 heterocycles. The van der Waals surface area contributed by atoms with Crippen LogP contribution in [0.15, 0.2) is 9.52 Å². The lowest BCUT2D eigenvalue weighted by atomic mass is 10.1. The monoisotopic (exact) mass is 270 g/mol. The van der Waals surface area contributed by atoms with Crippen LogP contribution in [0, 0.1) is 17.3 Å². The molecule has 1 aliphatic carbocycles. The van der Waals surface area contributed by atoms with Crippen molar-refractivity contribution in [2.24, 2.45) is 17.3 Å². The van der Waals surface area contributed by atoms with Gasteiger partial charge in [-0.1, -0.05) is 48.7 Å². The summed E-state index contributed by atoms with van der Waals surface area (Å²) in [6.45, 7) is 6.03. The van der Waals surface area contributed by atoms with Crippen LogP contribution in [0.2, 0.25) is 0 Å². The first-order chi connectivity index (χ1) is 6.84. The lowest BCUT2D eigenvalue weighted by molar-refractivity contribution is -0.145. The number of ether oxygens (including phenoxy) is 1. The van der Waals surface area contributed by atoms with Crippen LogP contribution in [0.25, 0.3) is 0 Å². The Kier molecular flexibility index (Phi) is 3.96. The molecule has 0 saturated heterocycles. The van der Waals surface area contributed by atoms with Gasteiger partial charge in [0.15, 0.2) is 0 Å². The maximum atomic E-state index is 11.6. The van der Waals surface area contributed by atoms with Gasteiger partial charge in [0.25, 0.3) is 0 Å². The van der Waals surface area contributed by atoms with Gasteiger partial charge in [0.1, 0.15) is 4.49 Å². The molecule has 86 valence electrons. The third kappa shape index (κ3) is 2.43. The minimum atomic E-state index is -0.238. The summed E-state index contributed by atoms with van der Waals surface area (Å²) in [5.74, 6) is -0.596. The summed E-state index contributed by atoms with van der Waals surface area (Å²) in [5.41, 5.74) is -0.224. The molecule has 2 unspecified atom stereocenters. The summed E-state index contributed by atoms with van der Waals surface area (Å²) in [6.07, 6.45) is 0. The second-order valence-corrected chi connectivity index (χ2v) is 5.49. The Morgan fingerprint density at radius 2 is 1.80 bits per heavy atom. The first kappa shape index (κ1) is 13.1. The van der Waals surface area contributed by atoms with Crippen molar-refractivity contribution in [3.8, 4) is 0 Å². The van der Waals surface area contributed by atoms with Crippen molar-refractivity contribution in [1.82, 2.24) is 0 Å². The number of esters is 1. The van der Waals surface area contributed by atoms with Gasteiger partial charge in [-0.25, -0.2) is 0 Å². The molecule has 0 N–H and O–H groups in total. The molecule has 0 aromatic heterocycles. The average molecular weight is 272 g/mol. The van der Waals surface area contributed by atoms with Crippen molar-refractivity contribution in [2.75, 3.05) is 6.61 Å². The topological polar surface area (TPSA) is 26.3 Å². The van der Waals surface area contributed by atoms with Gasteiger partial charge in [-0.2, -0.15) is 0 Å². The summed E-state index contributed by atoms with van der Waals surface area (Å²) in [6, 6.07) is 0. The van der Waals surface area contributed by atoms with Crippen molar-refractivity contribution in [1.29, 1.82) is 0 Å². The highest BCUT2D eigenvalue weighted by molar-refractivity contribution is 6.59. The molecule has 1 saturated carbocycles. The van der Waals surface area contributed by atoms with E-state index in [1.54, 1.807) is 6.92 Å². The van der Waals surface area contributed by atoms with Crippen molar-refractivity contribution >= 4 is 40.8 Å². The molecule has 0 spiro atoms. The van der Waals surface area contributed by atoms with E-state index in [0.29, 0.717) is 11.6 Å². The highest BCUT2D eigenvalue weighted by Crippen LogP contribution is 2.63. The van der Waals surface area contributed by atoms with Gasteiger partial charge in [0.05, 0.1) is 17.6 Å². The fraction of sp³-hybridized carbons (Fsp3) is 0.700. The van der Waals surface area contributed by atoms with E-state index in [-0.39, 0.29) is 27.7 Å². The van der Waals surface area contributed by atoms with Crippen LogP contribution >= 0.6 is 34.8 Å². The zero-order valence-corrected chi connectivity index (χ0v) is 11.1. The summed E-state index contributed by atoms with van der Waals surface area (Å²) < 4.78 is 4.98. The zero-order valence-electron chi connectivity index (χ0n) is 8.81. The van der Waals surface area contributed by atoms with Crippen LogP contribution in [0.3, 0.4) is 0 Å². The van der Waals surface area contributed by atoms with E-state index in [9.17, 15) is 4.79 Å². The van der Waals surface area contributed by atoms with Crippen molar-refractivity contribution < 1.29 is 9.53 Å². The minimum absolute atomic E-state index is 0.0292. The maximum Gasteiger partial charge on any atom is 0.310 e. The quantitative estimate of drug-likeness (QED) is 0.732. The van der Waals surface area contributed by atoms with Gasteiger partial charge in [-0.3, -0.25) is 4.79 Å². The van der Waals surface area contributed by atoms with Gasteiger partial charge in [-0.15, -0.1) is 0 Å². The number of allylic oxidation sites excluding steroid dienone is 1. The van der Waals surface area contributed by atoms with Crippen LogP contribution in [-0.4, -0.2) is 12.6 Å². The van der Waals surface area contributed by atoms with Crippen LogP contribution in [0.4, 0.5) is 0 Å². The molecule has 1 fully saturated rings. The lowest BCUT2D eigenvalue weighted by Gasteiger charge is -2.01. The van der Waals surface area contributed by atoms with Crippen LogP contribution in [0.1, 0.15) is 20.8 Å². The van der Waals surface area contributed by atoms with Gasteiger partial charge in [0, 0.05) is 5.92 Å². The van der Waals surface area contributed by atoms with Gasteiger partial charge in [-0.05, 0) is 12.3 Å². The number of rotatable bonds is 3. The Balaban J connectivity index is 2.80. The molecule has 2 atom stereocenters. The number of carbonyl (C=O) groups excluding carboxylic acids is 1. The maximum absolute atomic E-state index is 11.6. The predicted molar refractivity (Wildman–Crippen MR) is 62.0 cm³/mol. The lowest BCUT2D eigenvalue weighted by Crippen LogP contribution is -2.10. The minimum Gasteiger partial charge on any atom is -0.466 e. The Bertz CT molecular complexity index is 306. The summed E-state index contributed by atoms with van der Waals surface area (Å²) >= 11 is 17.1. The van der Waals surface area contributed by atoms with Gasteiger partial charge >= 0.3 is 5.97 Å². The highest BCUT2D eigenvalue weighted by atomic mass is 35.5. The van der Waals surface area contributed by atoms with Crippen LogP contribution < -0.4 is 0 Å². The van der Waals surface area contributed by atoms with E-state index in [1.807, 2.05) is 13.8 Å². The Morgan fingerprint density at radius 1 is 1.27 bits per heavy atom. The Morgan fingerprint density at radius 3 is 2.20 bits per heavy atom. The fourth-order valence-corrected chi connectivity index (χ4v) is 2.54. The molecule has 0 amide bonds. The Labute approximate surface area is 105 Å². The zero-order chi connectivity index (χ0) is 11.8. The SMILES string of the molecule is CCOC(=O)C1C(C(Cl)=C(Cl)Cl)C1(C)C. The number of carbonyl (C=O) groups is 1. The van der Waals surface area contributed by atoms with Gasteiger partial charge < -0.3 is 4.74 Å². The average Bonchev–Trinajstić information content (AvgIpc) is 2.68. The molecule has 2 nitrogen and oxygen atoms in total. The van der Waals surface area contributed by atoms with E-state index < -0.39 is 0 Å². The number of halogens is 3. The molecule has 0 radical (unpaired) electrons. The molecule has 0 aliphatic heterocycles.